The van der Waals surface area contributed by atoms with Crippen molar-refractivity contribution in [2.24, 2.45) is 0 Å². The summed E-state index contributed by atoms with van der Waals surface area (Å²) in [6.07, 6.45) is 3.03. The summed E-state index contributed by atoms with van der Waals surface area (Å²) in [5, 5.41) is 4.37. The molecule has 1 aromatic carbocycles. The van der Waals surface area contributed by atoms with Gasteiger partial charge in [-0.2, -0.15) is 0 Å². The number of carbonyl (C=O) groups excluding carboxylic acids is 1. The lowest BCUT2D eigenvalue weighted by atomic mass is 10.2. The Hall–Kier alpha value is -2.01. The number of carbonyl (C=O) groups is 1. The molecule has 0 spiro atoms. The molecule has 0 fully saturated rings. The molecular weight excluding hydrogens is 256 g/mol. The van der Waals surface area contributed by atoms with Gasteiger partial charge < -0.3 is 9.57 Å². The highest BCUT2D eigenvalue weighted by molar-refractivity contribution is 6.30. The lowest BCUT2D eigenvalue weighted by Gasteiger charge is -2.08. The molecule has 1 aromatic heterocycles. The van der Waals surface area contributed by atoms with Crippen molar-refractivity contribution in [2.45, 2.75) is 6.92 Å². The largest absolute Gasteiger partial charge is 0.482 e. The van der Waals surface area contributed by atoms with E-state index >= 15 is 0 Å². The predicted octanol–water partition coefficient (Wildman–Crippen LogP) is 1.88. The third kappa shape index (κ3) is 3.24. The van der Waals surface area contributed by atoms with Gasteiger partial charge in [-0.3, -0.25) is 0 Å². The Balaban J connectivity index is 1.89. The van der Waals surface area contributed by atoms with Gasteiger partial charge in [-0.25, -0.2) is 4.79 Å². The van der Waals surface area contributed by atoms with E-state index in [0.717, 1.165) is 10.4 Å². The molecule has 94 valence electrons. The first kappa shape index (κ1) is 12.4. The van der Waals surface area contributed by atoms with Crippen LogP contribution >= 0.6 is 11.6 Å². The number of halogens is 1. The predicted molar refractivity (Wildman–Crippen MR) is 65.5 cm³/mol. The summed E-state index contributed by atoms with van der Waals surface area (Å²) in [6, 6.07) is 6.81. The summed E-state index contributed by atoms with van der Waals surface area (Å²) < 4.78 is 5.33. The van der Waals surface area contributed by atoms with Crippen LogP contribution in [0.3, 0.4) is 0 Å². The molecule has 0 radical (unpaired) electrons. The molecule has 0 atom stereocenters. The Bertz CT molecular complexity index is 540. The lowest BCUT2D eigenvalue weighted by molar-refractivity contribution is -0.148. The second-order valence-electron chi connectivity index (χ2n) is 3.57. The van der Waals surface area contributed by atoms with Crippen molar-refractivity contribution < 1.29 is 14.4 Å². The molecule has 2 aromatic rings. The third-order valence-electron chi connectivity index (χ3n) is 2.16. The van der Waals surface area contributed by atoms with E-state index < -0.39 is 5.97 Å². The molecule has 0 unspecified atom stereocenters. The SMILES string of the molecule is Cc1cc(Cl)ccc1OCC(=O)On1cccn1. The molecule has 0 N–H and O–H groups in total. The summed E-state index contributed by atoms with van der Waals surface area (Å²) in [5.41, 5.74) is 0.856. The number of rotatable bonds is 4. The fraction of sp³-hybridized carbons (Fsp3) is 0.167. The molecule has 18 heavy (non-hydrogen) atoms. The van der Waals surface area contributed by atoms with Crippen LogP contribution in [-0.4, -0.2) is 22.5 Å². The van der Waals surface area contributed by atoms with Crippen molar-refractivity contribution in [1.29, 1.82) is 0 Å². The fourth-order valence-corrected chi connectivity index (χ4v) is 1.58. The van der Waals surface area contributed by atoms with Crippen molar-refractivity contribution in [1.82, 2.24) is 9.94 Å². The molecular formula is C12H11ClN2O3. The number of aromatic nitrogens is 2. The highest BCUT2D eigenvalue weighted by Crippen LogP contribution is 2.21. The number of aryl methyl sites for hydroxylation is 1. The van der Waals surface area contributed by atoms with Gasteiger partial charge in [0.2, 0.25) is 0 Å². The molecule has 0 saturated heterocycles. The first-order chi connectivity index (χ1) is 8.65. The van der Waals surface area contributed by atoms with Crippen LogP contribution in [-0.2, 0) is 4.79 Å². The molecule has 0 saturated carbocycles. The van der Waals surface area contributed by atoms with Gasteiger partial charge in [-0.15, -0.1) is 5.10 Å². The van der Waals surface area contributed by atoms with E-state index in [1.807, 2.05) is 6.92 Å². The fourth-order valence-electron chi connectivity index (χ4n) is 1.35. The highest BCUT2D eigenvalue weighted by Gasteiger charge is 2.07. The van der Waals surface area contributed by atoms with Crippen molar-refractivity contribution in [3.63, 3.8) is 0 Å². The zero-order chi connectivity index (χ0) is 13.0. The van der Waals surface area contributed by atoms with E-state index in [2.05, 4.69) is 5.10 Å². The van der Waals surface area contributed by atoms with Crippen LogP contribution in [0.5, 0.6) is 5.75 Å². The second kappa shape index (κ2) is 5.55. The second-order valence-corrected chi connectivity index (χ2v) is 4.01. The maximum Gasteiger partial charge on any atom is 0.371 e. The van der Waals surface area contributed by atoms with Crippen LogP contribution in [0.4, 0.5) is 0 Å². The summed E-state index contributed by atoms with van der Waals surface area (Å²) >= 11 is 5.82. The molecule has 5 nitrogen and oxygen atoms in total. The summed E-state index contributed by atoms with van der Waals surface area (Å²) in [7, 11) is 0. The summed E-state index contributed by atoms with van der Waals surface area (Å²) in [4.78, 5) is 17.4. The van der Waals surface area contributed by atoms with Crippen LogP contribution in [0, 0.1) is 6.92 Å². The topological polar surface area (TPSA) is 53.4 Å². The lowest BCUT2D eigenvalue weighted by Crippen LogP contribution is -2.25. The monoisotopic (exact) mass is 266 g/mol. The van der Waals surface area contributed by atoms with Crippen LogP contribution in [0.25, 0.3) is 0 Å². The Morgan fingerprint density at radius 1 is 1.50 bits per heavy atom. The van der Waals surface area contributed by atoms with Crippen LogP contribution in [0.2, 0.25) is 5.02 Å². The molecule has 0 aliphatic rings. The number of benzene rings is 1. The Labute approximate surface area is 109 Å². The van der Waals surface area contributed by atoms with Crippen LogP contribution in [0.15, 0.2) is 36.7 Å². The average Bonchev–Trinajstić information content (AvgIpc) is 2.80. The van der Waals surface area contributed by atoms with Crippen molar-refractivity contribution in [3.8, 4) is 5.75 Å². The van der Waals surface area contributed by atoms with Gasteiger partial charge in [0.1, 0.15) is 5.75 Å². The zero-order valence-electron chi connectivity index (χ0n) is 9.67. The number of hydrogen-bond acceptors (Lipinski definition) is 4. The first-order valence-electron chi connectivity index (χ1n) is 5.25. The quantitative estimate of drug-likeness (QED) is 0.848. The van der Waals surface area contributed by atoms with Crippen molar-refractivity contribution in [2.75, 3.05) is 6.61 Å². The normalized spacial score (nSPS) is 10.1. The Morgan fingerprint density at radius 2 is 2.33 bits per heavy atom. The van der Waals surface area contributed by atoms with Gasteiger partial charge in [-0.05, 0) is 36.8 Å². The Kier molecular flexibility index (Phi) is 3.84. The molecule has 1 heterocycles. The van der Waals surface area contributed by atoms with Gasteiger partial charge in [0.15, 0.2) is 6.61 Å². The van der Waals surface area contributed by atoms with Gasteiger partial charge in [0.05, 0.1) is 12.4 Å². The number of nitrogens with zero attached hydrogens (tertiary/aromatic N) is 2. The highest BCUT2D eigenvalue weighted by atomic mass is 35.5. The summed E-state index contributed by atoms with van der Waals surface area (Å²) in [6.45, 7) is 1.66. The minimum atomic E-state index is -0.534. The van der Waals surface area contributed by atoms with E-state index in [-0.39, 0.29) is 6.61 Å². The van der Waals surface area contributed by atoms with Gasteiger partial charge >= 0.3 is 5.97 Å². The average molecular weight is 267 g/mol. The van der Waals surface area contributed by atoms with Gasteiger partial charge in [-0.1, -0.05) is 16.4 Å². The van der Waals surface area contributed by atoms with Crippen LogP contribution < -0.4 is 9.57 Å². The van der Waals surface area contributed by atoms with E-state index in [4.69, 9.17) is 21.2 Å². The third-order valence-corrected chi connectivity index (χ3v) is 2.39. The maximum absolute atomic E-state index is 11.4. The summed E-state index contributed by atoms with van der Waals surface area (Å²) in [5.74, 6) is 0.0601. The van der Waals surface area contributed by atoms with E-state index in [0.29, 0.717) is 10.8 Å². The molecule has 0 bridgehead atoms. The molecule has 2 rings (SSSR count). The zero-order valence-corrected chi connectivity index (χ0v) is 10.4. The maximum atomic E-state index is 11.4. The molecule has 6 heteroatoms. The van der Waals surface area contributed by atoms with E-state index in [1.165, 1.54) is 12.4 Å². The number of hydrogen-bond donors (Lipinski definition) is 0. The first-order valence-corrected chi connectivity index (χ1v) is 5.63. The standard InChI is InChI=1S/C12H11ClN2O3/c1-9-7-10(13)3-4-11(9)17-8-12(16)18-15-6-2-5-14-15/h2-7H,8H2,1H3. The van der Waals surface area contributed by atoms with Gasteiger partial charge in [0.25, 0.3) is 0 Å². The van der Waals surface area contributed by atoms with Crippen molar-refractivity contribution >= 4 is 17.6 Å². The van der Waals surface area contributed by atoms with Crippen molar-refractivity contribution in [3.05, 3.63) is 47.2 Å². The van der Waals surface area contributed by atoms with Gasteiger partial charge in [0, 0.05) is 5.02 Å². The minimum Gasteiger partial charge on any atom is -0.482 e. The molecule has 0 aliphatic heterocycles. The smallest absolute Gasteiger partial charge is 0.371 e. The van der Waals surface area contributed by atoms with E-state index in [9.17, 15) is 4.79 Å². The number of ether oxygens (including phenoxy) is 1. The Morgan fingerprint density at radius 3 is 3.00 bits per heavy atom. The minimum absolute atomic E-state index is 0.192. The van der Waals surface area contributed by atoms with Crippen LogP contribution in [0.1, 0.15) is 5.56 Å². The molecule has 0 amide bonds. The van der Waals surface area contributed by atoms with E-state index in [1.54, 1.807) is 24.3 Å². The molecule has 0 aliphatic carbocycles.